The molecule has 0 amide bonds. The van der Waals surface area contributed by atoms with E-state index in [0.717, 1.165) is 0 Å². The predicted molar refractivity (Wildman–Crippen MR) is 126 cm³/mol. The number of carbonyl (C=O) groups is 1. The van der Waals surface area contributed by atoms with Crippen molar-refractivity contribution >= 4 is 27.5 Å². The summed E-state index contributed by atoms with van der Waals surface area (Å²) in [4.78, 5) is 14.2. The van der Waals surface area contributed by atoms with E-state index in [4.69, 9.17) is 25.8 Å². The molecule has 0 aliphatic carbocycles. The molecule has 0 radical (unpaired) electrons. The lowest BCUT2D eigenvalue weighted by atomic mass is 9.65. The Morgan fingerprint density at radius 3 is 2.21 bits per heavy atom. The van der Waals surface area contributed by atoms with Crippen LogP contribution in [0, 0.1) is 0 Å². The molecule has 3 rings (SSSR count). The third-order valence-electron chi connectivity index (χ3n) is 6.54. The Morgan fingerprint density at radius 2 is 1.79 bits per heavy atom. The van der Waals surface area contributed by atoms with Crippen LogP contribution in [0.5, 0.6) is 17.2 Å². The molecule has 0 aromatic heterocycles. The molecule has 1 saturated heterocycles. The minimum Gasteiger partial charge on any atom is -0.493 e. The topological polar surface area (TPSA) is 111 Å². The van der Waals surface area contributed by atoms with Gasteiger partial charge in [0.1, 0.15) is 0 Å². The minimum atomic E-state index is -4.93. The molecular formula is C23H28ClNO7S. The summed E-state index contributed by atoms with van der Waals surface area (Å²) in [6, 6.07) is 9.54. The fourth-order valence-corrected chi connectivity index (χ4v) is 6.70. The van der Waals surface area contributed by atoms with Crippen molar-refractivity contribution in [2.24, 2.45) is 0 Å². The molecule has 1 aliphatic rings. The molecule has 2 atom stereocenters. The lowest BCUT2D eigenvalue weighted by molar-refractivity contribution is 0.0868. The second-order valence-corrected chi connectivity index (χ2v) is 10.0. The molecule has 0 spiro atoms. The number of hydrogen-bond acceptors (Lipinski definition) is 7. The summed E-state index contributed by atoms with van der Waals surface area (Å²) in [5, 5.41) is 3.57. The average Bonchev–Trinajstić information content (AvgIpc) is 3.29. The molecule has 2 unspecified atom stereocenters. The van der Waals surface area contributed by atoms with Crippen LogP contribution in [0.3, 0.4) is 0 Å². The number of nitrogens with one attached hydrogen (secondary N) is 1. The molecule has 0 saturated carbocycles. The van der Waals surface area contributed by atoms with E-state index in [2.05, 4.69) is 5.32 Å². The Kier molecular flexibility index (Phi) is 7.28. The third kappa shape index (κ3) is 3.97. The summed E-state index contributed by atoms with van der Waals surface area (Å²) in [6.07, 6.45) is 0.132. The van der Waals surface area contributed by atoms with Crippen molar-refractivity contribution < 1.29 is 32.0 Å². The summed E-state index contributed by atoms with van der Waals surface area (Å²) in [7, 11) is -0.705. The van der Waals surface area contributed by atoms with Crippen LogP contribution in [-0.2, 0) is 15.5 Å². The number of rotatable bonds is 9. The van der Waals surface area contributed by atoms with Gasteiger partial charge in [0.25, 0.3) is 10.1 Å². The van der Waals surface area contributed by atoms with Crippen molar-refractivity contribution in [3.63, 3.8) is 0 Å². The van der Waals surface area contributed by atoms with Gasteiger partial charge in [-0.05, 0) is 49.2 Å². The van der Waals surface area contributed by atoms with Crippen LogP contribution in [0.1, 0.15) is 35.7 Å². The Hall–Kier alpha value is -2.33. The summed E-state index contributed by atoms with van der Waals surface area (Å²) < 4.78 is 50.8. The van der Waals surface area contributed by atoms with Gasteiger partial charge in [-0.2, -0.15) is 8.42 Å². The van der Waals surface area contributed by atoms with Crippen LogP contribution in [0.4, 0.5) is 0 Å². The van der Waals surface area contributed by atoms with Crippen LogP contribution in [0.15, 0.2) is 36.4 Å². The number of carbonyl (C=O) groups excluding carboxylic acids is 1. The molecule has 1 fully saturated rings. The molecule has 1 heterocycles. The minimum absolute atomic E-state index is 0.0114. The van der Waals surface area contributed by atoms with Gasteiger partial charge in [0.15, 0.2) is 22.0 Å². The maximum absolute atomic E-state index is 14.2. The lowest BCUT2D eigenvalue weighted by Gasteiger charge is -2.45. The second kappa shape index (κ2) is 9.50. The Balaban J connectivity index is 2.35. The fraction of sp³-hybridized carbons (Fsp3) is 0.435. The highest BCUT2D eigenvalue weighted by Crippen LogP contribution is 2.50. The van der Waals surface area contributed by atoms with Crippen LogP contribution >= 0.6 is 11.6 Å². The maximum Gasteiger partial charge on any atom is 0.279 e. The molecule has 180 valence electrons. The first-order chi connectivity index (χ1) is 15.6. The van der Waals surface area contributed by atoms with Crippen LogP contribution in [0.25, 0.3) is 0 Å². The second-order valence-electron chi connectivity index (χ2n) is 7.92. The summed E-state index contributed by atoms with van der Waals surface area (Å²) in [5.74, 6) is -0.114. The van der Waals surface area contributed by atoms with Gasteiger partial charge >= 0.3 is 0 Å². The summed E-state index contributed by atoms with van der Waals surface area (Å²) in [5.41, 5.74) is -0.699. The predicted octanol–water partition coefficient (Wildman–Crippen LogP) is 3.52. The largest absolute Gasteiger partial charge is 0.493 e. The molecule has 1 aliphatic heterocycles. The Morgan fingerprint density at radius 1 is 1.15 bits per heavy atom. The number of Topliss-reactive ketones (excluding diaryl/α,β-unsaturated/α-hetero) is 1. The van der Waals surface area contributed by atoms with Gasteiger partial charge in [-0.3, -0.25) is 9.35 Å². The van der Waals surface area contributed by atoms with Gasteiger partial charge in [0, 0.05) is 22.5 Å². The Bertz CT molecular complexity index is 1120. The van der Waals surface area contributed by atoms with Crippen molar-refractivity contribution in [3.05, 3.63) is 52.5 Å². The summed E-state index contributed by atoms with van der Waals surface area (Å²) in [6.45, 7) is 2.21. The van der Waals surface area contributed by atoms with Crippen LogP contribution in [0.2, 0.25) is 5.02 Å². The smallest absolute Gasteiger partial charge is 0.279 e. The quantitative estimate of drug-likeness (QED) is 0.400. The van der Waals surface area contributed by atoms with E-state index in [1.807, 2.05) is 0 Å². The van der Waals surface area contributed by atoms with E-state index in [9.17, 15) is 17.8 Å². The molecule has 0 bridgehead atoms. The van der Waals surface area contributed by atoms with Crippen LogP contribution in [-0.4, -0.2) is 57.9 Å². The standard InChI is InChI=1S/C23H28ClNO7S/c1-5-23(33(27,28)29,22(9-10-25-14-22)16-7-6-8-17(24)13-16)21(26)15-11-18(30-2)20(32-4)19(12-15)31-3/h6-8,11-13,25H,5,9-10,14H2,1-4H3,(H,27,28,29). The SMILES string of the molecule is CCC(C(=O)c1cc(OC)c(OC)c(OC)c1)(C1(c2cccc(Cl)c2)CCNC1)S(=O)(=O)O. The van der Waals surface area contributed by atoms with Crippen molar-refractivity contribution in [1.82, 2.24) is 5.32 Å². The third-order valence-corrected chi connectivity index (χ3v) is 8.52. The molecule has 2 aromatic rings. The van der Waals surface area contributed by atoms with Gasteiger partial charge in [0.05, 0.1) is 21.3 Å². The van der Waals surface area contributed by atoms with E-state index in [1.54, 1.807) is 31.2 Å². The molecule has 2 N–H and O–H groups in total. The number of methoxy groups -OCH3 is 3. The molecule has 10 heteroatoms. The van der Waals surface area contributed by atoms with Gasteiger partial charge in [-0.15, -0.1) is 0 Å². The number of ether oxygens (including phenoxy) is 3. The number of hydrogen-bond donors (Lipinski definition) is 2. The molecule has 8 nitrogen and oxygen atoms in total. The van der Waals surface area contributed by atoms with E-state index >= 15 is 0 Å². The fourth-order valence-electron chi connectivity index (χ4n) is 5.01. The monoisotopic (exact) mass is 497 g/mol. The highest BCUT2D eigenvalue weighted by molar-refractivity contribution is 7.88. The Labute approximate surface area is 198 Å². The number of benzene rings is 2. The van der Waals surface area contributed by atoms with Crippen LogP contribution < -0.4 is 19.5 Å². The van der Waals surface area contributed by atoms with Crippen molar-refractivity contribution in [3.8, 4) is 17.2 Å². The highest BCUT2D eigenvalue weighted by Gasteiger charge is 2.65. The molecular weight excluding hydrogens is 470 g/mol. The summed E-state index contributed by atoms with van der Waals surface area (Å²) >= 11 is 6.24. The first kappa shape index (κ1) is 25.3. The van der Waals surface area contributed by atoms with E-state index in [1.165, 1.54) is 33.5 Å². The zero-order valence-corrected chi connectivity index (χ0v) is 20.5. The van der Waals surface area contributed by atoms with Crippen molar-refractivity contribution in [2.45, 2.75) is 29.9 Å². The van der Waals surface area contributed by atoms with Gasteiger partial charge in [0.2, 0.25) is 5.75 Å². The zero-order valence-electron chi connectivity index (χ0n) is 19.0. The zero-order chi connectivity index (χ0) is 24.4. The van der Waals surface area contributed by atoms with Crippen molar-refractivity contribution in [2.75, 3.05) is 34.4 Å². The van der Waals surface area contributed by atoms with Gasteiger partial charge < -0.3 is 19.5 Å². The number of ketones is 1. The van der Waals surface area contributed by atoms with Crippen molar-refractivity contribution in [1.29, 1.82) is 0 Å². The molecule has 2 aromatic carbocycles. The average molecular weight is 498 g/mol. The first-order valence-corrected chi connectivity index (χ1v) is 12.2. The lowest BCUT2D eigenvalue weighted by Crippen LogP contribution is -2.62. The highest BCUT2D eigenvalue weighted by atomic mass is 35.5. The normalized spacial score (nSPS) is 20.2. The first-order valence-electron chi connectivity index (χ1n) is 10.4. The molecule has 33 heavy (non-hydrogen) atoms. The van der Waals surface area contributed by atoms with Gasteiger partial charge in [-0.25, -0.2) is 0 Å². The van der Waals surface area contributed by atoms with E-state index < -0.39 is 26.1 Å². The number of halogens is 1. The van der Waals surface area contributed by atoms with E-state index in [-0.39, 0.29) is 35.8 Å². The van der Waals surface area contributed by atoms with Gasteiger partial charge in [-0.1, -0.05) is 30.7 Å². The van der Waals surface area contributed by atoms with E-state index in [0.29, 0.717) is 23.6 Å². The maximum atomic E-state index is 14.2.